The number of hydrogen-bond acceptors (Lipinski definition) is 4. The maximum Gasteiger partial charge on any atom is 0.247 e. The predicted octanol–water partition coefficient (Wildman–Crippen LogP) is 12.0. The lowest BCUT2D eigenvalue weighted by atomic mass is 9.98. The molecule has 0 fully saturated rings. The Hall–Kier alpha value is -6.52. The van der Waals surface area contributed by atoms with E-state index in [1.54, 1.807) is 6.20 Å². The fourth-order valence-corrected chi connectivity index (χ4v) is 6.53. The van der Waals surface area contributed by atoms with Crippen LogP contribution >= 0.6 is 0 Å². The van der Waals surface area contributed by atoms with Gasteiger partial charge in [0.15, 0.2) is 0 Å². The van der Waals surface area contributed by atoms with Crippen LogP contribution in [0.5, 0.6) is 0 Å². The summed E-state index contributed by atoms with van der Waals surface area (Å²) >= 11 is 0. The molecule has 4 heteroatoms. The van der Waals surface area contributed by atoms with Crippen molar-refractivity contribution >= 4 is 49.8 Å². The van der Waals surface area contributed by atoms with Crippen LogP contribution in [0, 0.1) is 0 Å². The van der Waals surface area contributed by atoms with Gasteiger partial charge >= 0.3 is 0 Å². The molecule has 7 aromatic carbocycles. The average molecular weight is 616 g/mol. The van der Waals surface area contributed by atoms with Gasteiger partial charge in [0.2, 0.25) is 11.6 Å². The predicted molar refractivity (Wildman–Crippen MR) is 198 cm³/mol. The lowest BCUT2D eigenvalue weighted by Crippen LogP contribution is -2.09. The molecule has 0 atom stereocenters. The Labute approximate surface area is 278 Å². The van der Waals surface area contributed by atoms with Crippen LogP contribution in [0.15, 0.2) is 180 Å². The summed E-state index contributed by atoms with van der Waals surface area (Å²) in [6, 6.07) is 59.9. The molecule has 4 nitrogen and oxygen atoms in total. The van der Waals surface area contributed by atoms with Crippen LogP contribution in [0.1, 0.15) is 0 Å². The molecular weight excluding hydrogens is 587 g/mol. The summed E-state index contributed by atoms with van der Waals surface area (Å²) in [5.74, 6) is 0.556. The van der Waals surface area contributed by atoms with Gasteiger partial charge in [-0.2, -0.15) is 0 Å². The Morgan fingerprint density at radius 1 is 0.438 bits per heavy atom. The van der Waals surface area contributed by atoms with Gasteiger partial charge < -0.3 is 9.32 Å². The average Bonchev–Trinajstić information content (AvgIpc) is 3.60. The number of anilines is 3. The van der Waals surface area contributed by atoms with Crippen molar-refractivity contribution in [3.8, 4) is 33.7 Å². The highest BCUT2D eigenvalue weighted by Crippen LogP contribution is 2.39. The van der Waals surface area contributed by atoms with E-state index < -0.39 is 0 Å². The molecule has 0 saturated carbocycles. The summed E-state index contributed by atoms with van der Waals surface area (Å²) in [6.07, 6.45) is 1.72. The Morgan fingerprint density at radius 2 is 1.04 bits per heavy atom. The smallest absolute Gasteiger partial charge is 0.247 e. The van der Waals surface area contributed by atoms with E-state index in [2.05, 4.69) is 173 Å². The number of pyridine rings is 1. The van der Waals surface area contributed by atoms with E-state index in [-0.39, 0.29) is 0 Å². The van der Waals surface area contributed by atoms with Crippen LogP contribution < -0.4 is 4.90 Å². The number of fused-ring (bicyclic) bond motifs is 3. The van der Waals surface area contributed by atoms with Gasteiger partial charge in [-0.1, -0.05) is 103 Å². The second-order valence-electron chi connectivity index (χ2n) is 11.9. The molecule has 0 aliphatic rings. The molecule has 0 saturated heterocycles. The van der Waals surface area contributed by atoms with Gasteiger partial charge in [0.05, 0.1) is 0 Å². The molecule has 2 aromatic heterocycles. The molecule has 48 heavy (non-hydrogen) atoms. The van der Waals surface area contributed by atoms with Crippen LogP contribution in [0.25, 0.3) is 66.5 Å². The normalized spacial score (nSPS) is 11.3. The van der Waals surface area contributed by atoms with Crippen LogP contribution in [-0.4, -0.2) is 9.97 Å². The molecular formula is C44H29N3O. The minimum atomic E-state index is 0.538. The zero-order valence-electron chi connectivity index (χ0n) is 26.0. The Morgan fingerprint density at radius 3 is 1.77 bits per heavy atom. The van der Waals surface area contributed by atoms with Gasteiger partial charge in [0.1, 0.15) is 5.52 Å². The molecule has 0 unspecified atom stereocenters. The fraction of sp³-hybridized carbons (Fsp3) is 0. The Balaban J connectivity index is 1.10. The summed E-state index contributed by atoms with van der Waals surface area (Å²) in [5, 5.41) is 4.97. The van der Waals surface area contributed by atoms with Crippen molar-refractivity contribution in [3.63, 3.8) is 0 Å². The Kier molecular flexibility index (Phi) is 6.76. The zero-order chi connectivity index (χ0) is 31.9. The highest BCUT2D eigenvalue weighted by molar-refractivity contribution is 5.97. The molecule has 0 spiro atoms. The van der Waals surface area contributed by atoms with Gasteiger partial charge in [0.25, 0.3) is 0 Å². The van der Waals surface area contributed by atoms with Crippen molar-refractivity contribution in [1.29, 1.82) is 0 Å². The van der Waals surface area contributed by atoms with Crippen molar-refractivity contribution in [1.82, 2.24) is 9.97 Å². The van der Waals surface area contributed by atoms with Crippen molar-refractivity contribution in [3.05, 3.63) is 176 Å². The standard InChI is InChI=1S/C44H29N3O/c1-2-9-35-29-36(15-14-30(35)7-1)31-16-22-37(23-17-31)47(39-26-20-34(21-27-39)43-46-42-13-6-28-45-44(42)48-43)38-24-18-33(19-25-38)41-12-5-10-32-8-3-4-11-40(32)41/h1-29H. The third kappa shape index (κ3) is 5.06. The highest BCUT2D eigenvalue weighted by Gasteiger charge is 2.16. The largest absolute Gasteiger partial charge is 0.418 e. The first-order chi connectivity index (χ1) is 23.8. The Bertz CT molecular complexity index is 2510. The van der Waals surface area contributed by atoms with E-state index >= 15 is 0 Å². The van der Waals surface area contributed by atoms with E-state index in [1.807, 2.05) is 12.1 Å². The summed E-state index contributed by atoms with van der Waals surface area (Å²) in [4.78, 5) is 11.2. The van der Waals surface area contributed by atoms with Crippen LogP contribution in [-0.2, 0) is 0 Å². The lowest BCUT2D eigenvalue weighted by molar-refractivity contribution is 0.608. The van der Waals surface area contributed by atoms with E-state index in [9.17, 15) is 0 Å². The molecule has 226 valence electrons. The van der Waals surface area contributed by atoms with Crippen LogP contribution in [0.4, 0.5) is 17.1 Å². The number of rotatable bonds is 6. The van der Waals surface area contributed by atoms with Crippen molar-refractivity contribution in [2.45, 2.75) is 0 Å². The van der Waals surface area contributed by atoms with Crippen LogP contribution in [0.2, 0.25) is 0 Å². The quantitative estimate of drug-likeness (QED) is 0.187. The second kappa shape index (κ2) is 11.7. The molecule has 2 heterocycles. The van der Waals surface area contributed by atoms with Gasteiger partial charge in [-0.3, -0.25) is 0 Å². The van der Waals surface area contributed by atoms with E-state index in [1.165, 1.54) is 43.8 Å². The SMILES string of the molecule is c1ccc2cc(-c3ccc(N(c4ccc(-c5nc6cccnc6o5)cc4)c4ccc(-c5cccc6ccccc56)cc4)cc3)ccc2c1. The summed E-state index contributed by atoms with van der Waals surface area (Å²) < 4.78 is 5.96. The molecule has 0 aliphatic carbocycles. The third-order valence-electron chi connectivity index (χ3n) is 8.97. The van der Waals surface area contributed by atoms with Gasteiger partial charge in [-0.15, -0.1) is 0 Å². The number of hydrogen-bond donors (Lipinski definition) is 0. The monoisotopic (exact) mass is 615 g/mol. The van der Waals surface area contributed by atoms with Crippen LogP contribution in [0.3, 0.4) is 0 Å². The number of aromatic nitrogens is 2. The van der Waals surface area contributed by atoms with Crippen molar-refractivity contribution < 1.29 is 4.42 Å². The molecule has 0 bridgehead atoms. The summed E-state index contributed by atoms with van der Waals surface area (Å²) in [7, 11) is 0. The maximum atomic E-state index is 5.96. The van der Waals surface area contributed by atoms with Gasteiger partial charge in [-0.25, -0.2) is 9.97 Å². The van der Waals surface area contributed by atoms with Gasteiger partial charge in [-0.05, 0) is 111 Å². The second-order valence-corrected chi connectivity index (χ2v) is 11.9. The van der Waals surface area contributed by atoms with Crippen molar-refractivity contribution in [2.24, 2.45) is 0 Å². The molecule has 0 amide bonds. The van der Waals surface area contributed by atoms with E-state index in [0.717, 1.165) is 28.1 Å². The van der Waals surface area contributed by atoms with E-state index in [4.69, 9.17) is 4.42 Å². The highest BCUT2D eigenvalue weighted by atomic mass is 16.4. The first-order valence-corrected chi connectivity index (χ1v) is 16.1. The minimum Gasteiger partial charge on any atom is -0.418 e. The third-order valence-corrected chi connectivity index (χ3v) is 8.97. The lowest BCUT2D eigenvalue weighted by Gasteiger charge is -2.26. The number of nitrogens with zero attached hydrogens (tertiary/aromatic N) is 3. The van der Waals surface area contributed by atoms with Crippen molar-refractivity contribution in [2.75, 3.05) is 4.90 Å². The summed E-state index contributed by atoms with van der Waals surface area (Å²) in [5.41, 5.74) is 10.1. The first kappa shape index (κ1) is 27.8. The number of oxazole rings is 1. The van der Waals surface area contributed by atoms with Gasteiger partial charge in [0, 0.05) is 28.8 Å². The fourth-order valence-electron chi connectivity index (χ4n) is 6.53. The minimum absolute atomic E-state index is 0.538. The molecule has 0 radical (unpaired) electrons. The molecule has 9 aromatic rings. The molecule has 9 rings (SSSR count). The molecule has 0 aliphatic heterocycles. The molecule has 0 N–H and O–H groups in total. The summed E-state index contributed by atoms with van der Waals surface area (Å²) in [6.45, 7) is 0. The maximum absolute atomic E-state index is 5.96. The first-order valence-electron chi connectivity index (χ1n) is 16.1. The zero-order valence-corrected chi connectivity index (χ0v) is 26.0. The van der Waals surface area contributed by atoms with E-state index in [0.29, 0.717) is 11.6 Å². The topological polar surface area (TPSA) is 42.2 Å². The number of benzene rings is 7.